The highest BCUT2D eigenvalue weighted by Crippen LogP contribution is 2.23. The van der Waals surface area contributed by atoms with Crippen LogP contribution >= 0.6 is 0 Å². The van der Waals surface area contributed by atoms with Gasteiger partial charge in [-0.2, -0.15) is 0 Å². The number of hydrogen-bond donors (Lipinski definition) is 1. The lowest BCUT2D eigenvalue weighted by molar-refractivity contribution is 0.0985. The molecule has 0 radical (unpaired) electrons. The van der Waals surface area contributed by atoms with E-state index in [1.165, 1.54) is 58.0 Å². The maximum atomic E-state index is 3.46. The molecule has 3 atom stereocenters. The molecule has 0 saturated carbocycles. The monoisotopic (exact) mass is 254 g/mol. The molecular weight excluding hydrogens is 220 g/mol. The molecule has 18 heavy (non-hydrogen) atoms. The molecule has 1 saturated heterocycles. The molecule has 1 aliphatic heterocycles. The summed E-state index contributed by atoms with van der Waals surface area (Å²) in [5.41, 5.74) is 0. The van der Waals surface area contributed by atoms with Gasteiger partial charge >= 0.3 is 0 Å². The maximum Gasteiger partial charge on any atom is 0.0246 e. The topological polar surface area (TPSA) is 15.3 Å². The lowest BCUT2D eigenvalue weighted by Crippen LogP contribution is -2.51. The summed E-state index contributed by atoms with van der Waals surface area (Å²) in [6, 6.07) is 1.40. The average Bonchev–Trinajstić information content (AvgIpc) is 2.43. The highest BCUT2D eigenvalue weighted by atomic mass is 15.2. The van der Waals surface area contributed by atoms with Crippen molar-refractivity contribution in [3.63, 3.8) is 0 Å². The van der Waals surface area contributed by atoms with Gasteiger partial charge in [-0.3, -0.25) is 4.90 Å². The fourth-order valence-corrected chi connectivity index (χ4v) is 3.25. The number of unbranched alkanes of at least 4 members (excludes halogenated alkanes) is 1. The van der Waals surface area contributed by atoms with Gasteiger partial charge in [0.2, 0.25) is 0 Å². The summed E-state index contributed by atoms with van der Waals surface area (Å²) in [5.74, 6) is 0.912. The second kappa shape index (κ2) is 8.92. The second-order valence-electron chi connectivity index (χ2n) is 6.05. The molecule has 0 amide bonds. The molecule has 0 aromatic carbocycles. The van der Waals surface area contributed by atoms with E-state index in [1.807, 2.05) is 0 Å². The van der Waals surface area contributed by atoms with Crippen LogP contribution in [0.15, 0.2) is 0 Å². The summed E-state index contributed by atoms with van der Waals surface area (Å²) in [6.07, 6.45) is 9.70. The third-order valence-electron chi connectivity index (χ3n) is 4.73. The Kier molecular flexibility index (Phi) is 7.92. The van der Waals surface area contributed by atoms with Gasteiger partial charge in [0.25, 0.3) is 0 Å². The Morgan fingerprint density at radius 1 is 1.28 bits per heavy atom. The third kappa shape index (κ3) is 4.89. The summed E-state index contributed by atoms with van der Waals surface area (Å²) < 4.78 is 0. The lowest BCUT2D eigenvalue weighted by Gasteiger charge is -2.41. The Morgan fingerprint density at radius 2 is 2.06 bits per heavy atom. The first-order valence-corrected chi connectivity index (χ1v) is 8.14. The average molecular weight is 254 g/mol. The Morgan fingerprint density at radius 3 is 2.67 bits per heavy atom. The van der Waals surface area contributed by atoms with Gasteiger partial charge in [0, 0.05) is 18.6 Å². The summed E-state index contributed by atoms with van der Waals surface area (Å²) in [7, 11) is 2.10. The van der Waals surface area contributed by atoms with E-state index in [0.717, 1.165) is 12.0 Å². The van der Waals surface area contributed by atoms with Crippen molar-refractivity contribution in [2.24, 2.45) is 5.92 Å². The van der Waals surface area contributed by atoms with Crippen LogP contribution in [-0.4, -0.2) is 37.1 Å². The fraction of sp³-hybridized carbons (Fsp3) is 1.00. The molecular formula is C16H34N2. The summed E-state index contributed by atoms with van der Waals surface area (Å²) in [6.45, 7) is 9.66. The van der Waals surface area contributed by atoms with Crippen LogP contribution in [0.3, 0.4) is 0 Å². The van der Waals surface area contributed by atoms with Gasteiger partial charge in [-0.15, -0.1) is 0 Å². The molecule has 2 nitrogen and oxygen atoms in total. The van der Waals surface area contributed by atoms with Crippen LogP contribution in [0.1, 0.15) is 65.7 Å². The smallest absolute Gasteiger partial charge is 0.0246 e. The van der Waals surface area contributed by atoms with Crippen molar-refractivity contribution >= 4 is 0 Å². The molecule has 1 heterocycles. The van der Waals surface area contributed by atoms with E-state index in [-0.39, 0.29) is 0 Å². The quantitative estimate of drug-likeness (QED) is 0.711. The van der Waals surface area contributed by atoms with Crippen LogP contribution in [0.4, 0.5) is 0 Å². The summed E-state index contributed by atoms with van der Waals surface area (Å²) >= 11 is 0. The first-order chi connectivity index (χ1) is 8.72. The number of likely N-dealkylation sites (N-methyl/N-ethyl adjacent to an activating group) is 1. The standard InChI is InChI=1S/C16H34N2/c1-5-7-10-15(6-2)13-18-12-9-8-11-16(18)14(3)17-4/h14-17H,5-13H2,1-4H3. The van der Waals surface area contributed by atoms with E-state index in [9.17, 15) is 0 Å². The van der Waals surface area contributed by atoms with Crippen molar-refractivity contribution in [3.8, 4) is 0 Å². The molecule has 1 N–H and O–H groups in total. The maximum absolute atomic E-state index is 3.46. The van der Waals surface area contributed by atoms with Gasteiger partial charge < -0.3 is 5.32 Å². The zero-order valence-corrected chi connectivity index (χ0v) is 13.0. The van der Waals surface area contributed by atoms with Gasteiger partial charge in [-0.05, 0) is 45.7 Å². The molecule has 0 bridgehead atoms. The molecule has 108 valence electrons. The molecule has 0 aliphatic carbocycles. The fourth-order valence-electron chi connectivity index (χ4n) is 3.25. The third-order valence-corrected chi connectivity index (χ3v) is 4.73. The van der Waals surface area contributed by atoms with Gasteiger partial charge in [0.1, 0.15) is 0 Å². The van der Waals surface area contributed by atoms with E-state index in [2.05, 4.69) is 38.0 Å². The molecule has 0 aromatic rings. The number of piperidine rings is 1. The number of likely N-dealkylation sites (tertiary alicyclic amines) is 1. The van der Waals surface area contributed by atoms with Gasteiger partial charge in [-0.25, -0.2) is 0 Å². The van der Waals surface area contributed by atoms with Crippen molar-refractivity contribution < 1.29 is 0 Å². The SMILES string of the molecule is CCCCC(CC)CN1CCCCC1C(C)NC. The van der Waals surface area contributed by atoms with E-state index < -0.39 is 0 Å². The predicted octanol–water partition coefficient (Wildman–Crippen LogP) is 3.67. The Hall–Kier alpha value is -0.0800. The van der Waals surface area contributed by atoms with Crippen molar-refractivity contribution in [3.05, 3.63) is 0 Å². The molecule has 1 aliphatic rings. The van der Waals surface area contributed by atoms with E-state index in [1.54, 1.807) is 0 Å². The Labute approximate surface area is 115 Å². The Balaban J connectivity index is 2.49. The van der Waals surface area contributed by atoms with Crippen LogP contribution in [0.2, 0.25) is 0 Å². The van der Waals surface area contributed by atoms with Crippen LogP contribution in [0, 0.1) is 5.92 Å². The highest BCUT2D eigenvalue weighted by Gasteiger charge is 2.27. The zero-order valence-electron chi connectivity index (χ0n) is 13.0. The summed E-state index contributed by atoms with van der Waals surface area (Å²) in [5, 5.41) is 3.46. The molecule has 2 heteroatoms. The van der Waals surface area contributed by atoms with Gasteiger partial charge in [0.05, 0.1) is 0 Å². The second-order valence-corrected chi connectivity index (χ2v) is 6.05. The molecule has 1 fully saturated rings. The van der Waals surface area contributed by atoms with Crippen molar-refractivity contribution in [2.45, 2.75) is 77.8 Å². The van der Waals surface area contributed by atoms with Crippen molar-refractivity contribution in [2.75, 3.05) is 20.1 Å². The molecule has 1 rings (SSSR count). The van der Waals surface area contributed by atoms with Crippen LogP contribution < -0.4 is 5.32 Å². The molecule has 0 spiro atoms. The lowest BCUT2D eigenvalue weighted by atomic mass is 9.92. The first-order valence-electron chi connectivity index (χ1n) is 8.14. The largest absolute Gasteiger partial charge is 0.316 e. The minimum atomic E-state index is 0.633. The normalized spacial score (nSPS) is 25.0. The minimum Gasteiger partial charge on any atom is -0.316 e. The number of nitrogens with zero attached hydrogens (tertiary/aromatic N) is 1. The van der Waals surface area contributed by atoms with Gasteiger partial charge in [-0.1, -0.05) is 39.5 Å². The number of rotatable bonds is 8. The Bertz CT molecular complexity index is 205. The summed E-state index contributed by atoms with van der Waals surface area (Å²) in [4.78, 5) is 2.77. The number of nitrogens with one attached hydrogen (secondary N) is 1. The van der Waals surface area contributed by atoms with Crippen LogP contribution in [0.25, 0.3) is 0 Å². The van der Waals surface area contributed by atoms with E-state index in [4.69, 9.17) is 0 Å². The first kappa shape index (κ1) is 16.0. The molecule has 0 aromatic heterocycles. The minimum absolute atomic E-state index is 0.633. The van der Waals surface area contributed by atoms with Crippen molar-refractivity contribution in [1.29, 1.82) is 0 Å². The number of hydrogen-bond acceptors (Lipinski definition) is 2. The van der Waals surface area contributed by atoms with Gasteiger partial charge in [0.15, 0.2) is 0 Å². The highest BCUT2D eigenvalue weighted by molar-refractivity contribution is 4.85. The molecule has 3 unspecified atom stereocenters. The van der Waals surface area contributed by atoms with Crippen molar-refractivity contribution in [1.82, 2.24) is 10.2 Å². The zero-order chi connectivity index (χ0) is 13.4. The van der Waals surface area contributed by atoms with E-state index >= 15 is 0 Å². The van der Waals surface area contributed by atoms with E-state index in [0.29, 0.717) is 6.04 Å². The van der Waals surface area contributed by atoms with Crippen LogP contribution in [-0.2, 0) is 0 Å². The predicted molar refractivity (Wildman–Crippen MR) is 81.0 cm³/mol. The van der Waals surface area contributed by atoms with Crippen LogP contribution in [0.5, 0.6) is 0 Å².